The quantitative estimate of drug-likeness (QED) is 0.345. The fourth-order valence-corrected chi connectivity index (χ4v) is 4.04. The number of halogens is 1. The highest BCUT2D eigenvalue weighted by Gasteiger charge is 2.16. The zero-order valence-corrected chi connectivity index (χ0v) is 19.5. The number of carbonyl (C=O) groups excluding carboxylic acids is 1. The highest BCUT2D eigenvalue weighted by Crippen LogP contribution is 2.27. The Morgan fingerprint density at radius 2 is 1.82 bits per heavy atom. The third-order valence-corrected chi connectivity index (χ3v) is 6.00. The third-order valence-electron chi connectivity index (χ3n) is 4.37. The standard InChI is InChI=1S/C23H22ClN3O5S/c1-3-32-22-13-16(7-12-21(22)31-2)15-25-26-23(28)17-5-4-6-20(14-17)33(29,30)27-19-10-8-18(24)9-11-19/h4-15,27H,3H2,1-2H3,(H,26,28)/b25-15+. The minimum absolute atomic E-state index is 0.0643. The van der Waals surface area contributed by atoms with Gasteiger partial charge in [-0.3, -0.25) is 9.52 Å². The van der Waals surface area contributed by atoms with Gasteiger partial charge in [-0.05, 0) is 73.2 Å². The molecule has 10 heteroatoms. The average Bonchev–Trinajstić information content (AvgIpc) is 2.81. The highest BCUT2D eigenvalue weighted by molar-refractivity contribution is 7.92. The van der Waals surface area contributed by atoms with Crippen LogP contribution in [0.4, 0.5) is 5.69 Å². The second-order valence-corrected chi connectivity index (χ2v) is 8.80. The van der Waals surface area contributed by atoms with Gasteiger partial charge in [0, 0.05) is 16.3 Å². The van der Waals surface area contributed by atoms with Gasteiger partial charge in [-0.15, -0.1) is 0 Å². The van der Waals surface area contributed by atoms with Crippen LogP contribution in [0.5, 0.6) is 11.5 Å². The number of carbonyl (C=O) groups is 1. The fraction of sp³-hybridized carbons (Fsp3) is 0.130. The first-order valence-electron chi connectivity index (χ1n) is 9.85. The summed E-state index contributed by atoms with van der Waals surface area (Å²) in [7, 11) is -2.35. The van der Waals surface area contributed by atoms with Gasteiger partial charge in [-0.2, -0.15) is 5.10 Å². The lowest BCUT2D eigenvalue weighted by Gasteiger charge is -2.10. The Hall–Kier alpha value is -3.56. The number of nitrogens with zero attached hydrogens (tertiary/aromatic N) is 1. The number of methoxy groups -OCH3 is 1. The number of nitrogens with one attached hydrogen (secondary N) is 2. The van der Waals surface area contributed by atoms with Gasteiger partial charge in [0.15, 0.2) is 11.5 Å². The van der Waals surface area contributed by atoms with Crippen molar-refractivity contribution in [3.05, 3.63) is 82.9 Å². The smallest absolute Gasteiger partial charge is 0.271 e. The second-order valence-electron chi connectivity index (χ2n) is 6.68. The van der Waals surface area contributed by atoms with Crippen molar-refractivity contribution in [3.8, 4) is 11.5 Å². The predicted octanol–water partition coefficient (Wildman–Crippen LogP) is 4.31. The molecule has 8 nitrogen and oxygen atoms in total. The Morgan fingerprint density at radius 1 is 1.06 bits per heavy atom. The molecule has 0 radical (unpaired) electrons. The molecule has 0 aromatic heterocycles. The summed E-state index contributed by atoms with van der Waals surface area (Å²) < 4.78 is 38.5. The number of rotatable bonds is 9. The Kier molecular flexibility index (Phi) is 7.92. The largest absolute Gasteiger partial charge is 0.493 e. The van der Waals surface area contributed by atoms with Crippen LogP contribution in [-0.4, -0.2) is 34.3 Å². The van der Waals surface area contributed by atoms with Crippen LogP contribution in [0, 0.1) is 0 Å². The molecule has 3 aromatic rings. The number of ether oxygens (including phenoxy) is 2. The fourth-order valence-electron chi connectivity index (χ4n) is 2.81. The van der Waals surface area contributed by atoms with Crippen molar-refractivity contribution in [2.45, 2.75) is 11.8 Å². The van der Waals surface area contributed by atoms with E-state index in [0.29, 0.717) is 34.4 Å². The zero-order valence-electron chi connectivity index (χ0n) is 17.9. The van der Waals surface area contributed by atoms with Crippen LogP contribution in [0.1, 0.15) is 22.8 Å². The van der Waals surface area contributed by atoms with Gasteiger partial charge in [0.1, 0.15) is 0 Å². The Morgan fingerprint density at radius 3 is 2.52 bits per heavy atom. The number of amides is 1. The maximum absolute atomic E-state index is 12.7. The number of anilines is 1. The molecule has 0 aliphatic carbocycles. The van der Waals surface area contributed by atoms with Crippen LogP contribution < -0.4 is 19.6 Å². The summed E-state index contributed by atoms with van der Waals surface area (Å²) in [5, 5.41) is 4.43. The van der Waals surface area contributed by atoms with Crippen molar-refractivity contribution >= 4 is 39.4 Å². The Labute approximate surface area is 197 Å². The van der Waals surface area contributed by atoms with Gasteiger partial charge in [-0.1, -0.05) is 17.7 Å². The molecule has 0 bridgehead atoms. The number of sulfonamides is 1. The SMILES string of the molecule is CCOc1cc(/C=N/NC(=O)c2cccc(S(=O)(=O)Nc3ccc(Cl)cc3)c2)ccc1OC. The van der Waals surface area contributed by atoms with E-state index in [9.17, 15) is 13.2 Å². The van der Waals surface area contributed by atoms with Crippen LogP contribution in [0.15, 0.2) is 76.7 Å². The van der Waals surface area contributed by atoms with Gasteiger partial charge >= 0.3 is 0 Å². The predicted molar refractivity (Wildman–Crippen MR) is 128 cm³/mol. The van der Waals surface area contributed by atoms with E-state index in [-0.39, 0.29) is 10.5 Å². The number of benzene rings is 3. The van der Waals surface area contributed by atoms with E-state index in [1.807, 2.05) is 6.92 Å². The molecule has 0 unspecified atom stereocenters. The van der Waals surface area contributed by atoms with Crippen molar-refractivity contribution in [2.24, 2.45) is 5.10 Å². The van der Waals surface area contributed by atoms with Gasteiger partial charge in [0.25, 0.3) is 15.9 Å². The lowest BCUT2D eigenvalue weighted by Crippen LogP contribution is -2.19. The van der Waals surface area contributed by atoms with Crippen LogP contribution >= 0.6 is 11.6 Å². The van der Waals surface area contributed by atoms with Crippen LogP contribution in [-0.2, 0) is 10.0 Å². The van der Waals surface area contributed by atoms with Crippen molar-refractivity contribution in [1.82, 2.24) is 5.43 Å². The van der Waals surface area contributed by atoms with E-state index in [4.69, 9.17) is 21.1 Å². The second kappa shape index (κ2) is 10.8. The molecule has 0 fully saturated rings. The Bertz CT molecular complexity index is 1260. The summed E-state index contributed by atoms with van der Waals surface area (Å²) >= 11 is 5.83. The van der Waals surface area contributed by atoms with E-state index in [1.54, 1.807) is 49.6 Å². The lowest BCUT2D eigenvalue weighted by molar-refractivity contribution is 0.0955. The molecule has 0 spiro atoms. The summed E-state index contributed by atoms with van der Waals surface area (Å²) in [5.41, 5.74) is 3.56. The lowest BCUT2D eigenvalue weighted by atomic mass is 10.2. The maximum Gasteiger partial charge on any atom is 0.271 e. The highest BCUT2D eigenvalue weighted by atomic mass is 35.5. The monoisotopic (exact) mass is 487 g/mol. The molecule has 3 rings (SSSR count). The number of hydrogen-bond donors (Lipinski definition) is 2. The molecule has 1 amide bonds. The molecule has 2 N–H and O–H groups in total. The molecule has 172 valence electrons. The van der Waals surface area contributed by atoms with Gasteiger partial charge in [-0.25, -0.2) is 13.8 Å². The molecular weight excluding hydrogens is 466 g/mol. The first-order valence-corrected chi connectivity index (χ1v) is 11.7. The number of hydrogen-bond acceptors (Lipinski definition) is 6. The summed E-state index contributed by atoms with van der Waals surface area (Å²) in [5.74, 6) is 0.581. The molecule has 0 saturated carbocycles. The van der Waals surface area contributed by atoms with Crippen LogP contribution in [0.3, 0.4) is 0 Å². The number of hydrazone groups is 1. The normalized spacial score (nSPS) is 11.2. The van der Waals surface area contributed by atoms with Crippen molar-refractivity contribution < 1.29 is 22.7 Å². The van der Waals surface area contributed by atoms with Gasteiger partial charge in [0.05, 0.1) is 24.8 Å². The summed E-state index contributed by atoms with van der Waals surface area (Å²) in [4.78, 5) is 12.4. The molecular formula is C23H22ClN3O5S. The molecule has 0 aliphatic heterocycles. The van der Waals surface area contributed by atoms with E-state index in [0.717, 1.165) is 0 Å². The minimum Gasteiger partial charge on any atom is -0.493 e. The summed E-state index contributed by atoms with van der Waals surface area (Å²) in [6, 6.07) is 17.1. The average molecular weight is 488 g/mol. The first kappa shape index (κ1) is 24.1. The van der Waals surface area contributed by atoms with E-state index in [1.165, 1.54) is 30.5 Å². The van der Waals surface area contributed by atoms with Crippen molar-refractivity contribution in [2.75, 3.05) is 18.4 Å². The Balaban J connectivity index is 1.70. The minimum atomic E-state index is -3.90. The molecule has 0 aliphatic rings. The van der Waals surface area contributed by atoms with E-state index < -0.39 is 15.9 Å². The first-order chi connectivity index (χ1) is 15.8. The zero-order chi connectivity index (χ0) is 23.8. The van der Waals surface area contributed by atoms with Crippen molar-refractivity contribution in [3.63, 3.8) is 0 Å². The van der Waals surface area contributed by atoms with Crippen LogP contribution in [0.2, 0.25) is 5.02 Å². The van der Waals surface area contributed by atoms with Crippen molar-refractivity contribution in [1.29, 1.82) is 0 Å². The topological polar surface area (TPSA) is 106 Å². The molecule has 0 atom stereocenters. The molecule has 0 heterocycles. The third kappa shape index (κ3) is 6.47. The summed E-state index contributed by atoms with van der Waals surface area (Å²) in [6.07, 6.45) is 1.45. The van der Waals surface area contributed by atoms with Gasteiger partial charge in [0.2, 0.25) is 0 Å². The molecule has 3 aromatic carbocycles. The molecule has 0 saturated heterocycles. The van der Waals surface area contributed by atoms with E-state index in [2.05, 4.69) is 15.2 Å². The molecule has 33 heavy (non-hydrogen) atoms. The maximum atomic E-state index is 12.7. The van der Waals surface area contributed by atoms with Crippen LogP contribution in [0.25, 0.3) is 0 Å². The summed E-state index contributed by atoms with van der Waals surface area (Å²) in [6.45, 7) is 2.33. The van der Waals surface area contributed by atoms with E-state index >= 15 is 0 Å². The van der Waals surface area contributed by atoms with Gasteiger partial charge < -0.3 is 9.47 Å².